The standard InChI is InChI=1S/C20H26N2O4S2/c1-4-11-21(28(3,24)25)14-19(23)22-12-9-18-17(10-13-27-18)20(22)15-5-7-16(26-2)8-6-15/h5-8,10,13,20H,4,9,11-12,14H2,1-3H3/t20-/m0/s1. The first-order valence-corrected chi connectivity index (χ1v) is 12.0. The van der Waals surface area contributed by atoms with Crippen molar-refractivity contribution < 1.29 is 17.9 Å². The maximum Gasteiger partial charge on any atom is 0.238 e. The molecule has 0 aliphatic carbocycles. The second kappa shape index (κ2) is 8.63. The summed E-state index contributed by atoms with van der Waals surface area (Å²) >= 11 is 1.70. The molecule has 0 radical (unpaired) electrons. The van der Waals surface area contributed by atoms with E-state index in [0.717, 1.165) is 29.6 Å². The average molecular weight is 423 g/mol. The summed E-state index contributed by atoms with van der Waals surface area (Å²) in [6, 6.07) is 9.57. The molecule has 0 unspecified atom stereocenters. The minimum Gasteiger partial charge on any atom is -0.497 e. The topological polar surface area (TPSA) is 66.9 Å². The molecular weight excluding hydrogens is 396 g/mol. The molecule has 0 fully saturated rings. The van der Waals surface area contributed by atoms with Crippen LogP contribution in [0.25, 0.3) is 0 Å². The van der Waals surface area contributed by atoms with Crippen molar-refractivity contribution in [2.45, 2.75) is 25.8 Å². The van der Waals surface area contributed by atoms with Gasteiger partial charge in [0.15, 0.2) is 0 Å². The monoisotopic (exact) mass is 422 g/mol. The average Bonchev–Trinajstić information content (AvgIpc) is 3.15. The first-order chi connectivity index (χ1) is 13.3. The number of carbonyl (C=O) groups excluding carboxylic acids is 1. The van der Waals surface area contributed by atoms with E-state index in [0.29, 0.717) is 19.5 Å². The molecule has 2 aromatic rings. The van der Waals surface area contributed by atoms with Gasteiger partial charge in [-0.1, -0.05) is 19.1 Å². The van der Waals surface area contributed by atoms with Gasteiger partial charge in [-0.2, -0.15) is 4.31 Å². The molecule has 1 amide bonds. The highest BCUT2D eigenvalue weighted by molar-refractivity contribution is 7.88. The Labute approximate surface area is 170 Å². The number of benzene rings is 1. The molecule has 1 aromatic heterocycles. The Morgan fingerprint density at radius 3 is 2.61 bits per heavy atom. The summed E-state index contributed by atoms with van der Waals surface area (Å²) in [6.45, 7) is 2.70. The van der Waals surface area contributed by atoms with E-state index in [1.165, 1.54) is 9.18 Å². The molecule has 28 heavy (non-hydrogen) atoms. The third-order valence-electron chi connectivity index (χ3n) is 4.97. The van der Waals surface area contributed by atoms with Gasteiger partial charge in [0.2, 0.25) is 15.9 Å². The van der Waals surface area contributed by atoms with Crippen LogP contribution in [0.1, 0.15) is 35.4 Å². The van der Waals surface area contributed by atoms with Crippen LogP contribution >= 0.6 is 11.3 Å². The molecule has 0 N–H and O–H groups in total. The van der Waals surface area contributed by atoms with Crippen molar-refractivity contribution in [2.75, 3.05) is 33.0 Å². The summed E-state index contributed by atoms with van der Waals surface area (Å²) in [5.41, 5.74) is 2.12. The van der Waals surface area contributed by atoms with Crippen LogP contribution in [0.4, 0.5) is 0 Å². The number of thiophene rings is 1. The van der Waals surface area contributed by atoms with Crippen LogP contribution in [0, 0.1) is 0 Å². The van der Waals surface area contributed by atoms with Crippen molar-refractivity contribution in [1.29, 1.82) is 0 Å². The minimum atomic E-state index is -3.43. The fraction of sp³-hybridized carbons (Fsp3) is 0.450. The van der Waals surface area contributed by atoms with E-state index in [1.54, 1.807) is 18.4 Å². The largest absolute Gasteiger partial charge is 0.497 e. The van der Waals surface area contributed by atoms with Gasteiger partial charge in [0, 0.05) is 18.0 Å². The van der Waals surface area contributed by atoms with Gasteiger partial charge in [0.1, 0.15) is 5.75 Å². The molecule has 0 saturated heterocycles. The molecular formula is C20H26N2O4S2. The summed E-state index contributed by atoms with van der Waals surface area (Å²) in [6.07, 6.45) is 2.61. The van der Waals surface area contributed by atoms with Gasteiger partial charge in [-0.25, -0.2) is 8.42 Å². The maximum absolute atomic E-state index is 13.2. The summed E-state index contributed by atoms with van der Waals surface area (Å²) in [4.78, 5) is 16.3. The summed E-state index contributed by atoms with van der Waals surface area (Å²) < 4.78 is 30.6. The number of sulfonamides is 1. The van der Waals surface area contributed by atoms with Crippen LogP contribution in [-0.2, 0) is 21.2 Å². The molecule has 0 spiro atoms. The molecule has 3 rings (SSSR count). The van der Waals surface area contributed by atoms with E-state index in [9.17, 15) is 13.2 Å². The Morgan fingerprint density at radius 1 is 1.29 bits per heavy atom. The van der Waals surface area contributed by atoms with E-state index in [4.69, 9.17) is 4.74 Å². The Hall–Kier alpha value is -1.90. The molecule has 1 aliphatic rings. The Morgan fingerprint density at radius 2 is 2.00 bits per heavy atom. The molecule has 0 saturated carbocycles. The zero-order valence-electron chi connectivity index (χ0n) is 16.4. The van der Waals surface area contributed by atoms with Gasteiger partial charge in [-0.3, -0.25) is 4.79 Å². The van der Waals surface area contributed by atoms with Crippen molar-refractivity contribution in [3.63, 3.8) is 0 Å². The Balaban J connectivity index is 1.92. The van der Waals surface area contributed by atoms with E-state index in [-0.39, 0.29) is 18.5 Å². The van der Waals surface area contributed by atoms with Crippen LogP contribution in [0.15, 0.2) is 35.7 Å². The number of carbonyl (C=O) groups is 1. The van der Waals surface area contributed by atoms with E-state index >= 15 is 0 Å². The molecule has 1 atom stereocenters. The third-order valence-corrected chi connectivity index (χ3v) is 7.22. The number of methoxy groups -OCH3 is 1. The van der Waals surface area contributed by atoms with Gasteiger partial charge in [0.05, 0.1) is 26.0 Å². The Kier molecular flexibility index (Phi) is 6.42. The number of fused-ring (bicyclic) bond motifs is 1. The molecule has 152 valence electrons. The number of rotatable bonds is 7. The van der Waals surface area contributed by atoms with Crippen LogP contribution < -0.4 is 4.74 Å². The predicted molar refractivity (Wildman–Crippen MR) is 111 cm³/mol. The van der Waals surface area contributed by atoms with Crippen LogP contribution in [0.2, 0.25) is 0 Å². The third kappa shape index (κ3) is 4.39. The van der Waals surface area contributed by atoms with E-state index in [1.807, 2.05) is 36.1 Å². The SMILES string of the molecule is CCCN(CC(=O)N1CCc2sccc2[C@@H]1c1ccc(OC)cc1)S(C)(=O)=O. The quantitative estimate of drug-likeness (QED) is 0.688. The van der Waals surface area contributed by atoms with Gasteiger partial charge >= 0.3 is 0 Å². The second-order valence-corrected chi connectivity index (χ2v) is 9.89. The number of nitrogens with zero attached hydrogens (tertiary/aromatic N) is 2. The Bertz CT molecular complexity index is 922. The lowest BCUT2D eigenvalue weighted by Crippen LogP contribution is -2.46. The molecule has 8 heteroatoms. The molecule has 6 nitrogen and oxygen atoms in total. The van der Waals surface area contributed by atoms with Crippen molar-refractivity contribution in [1.82, 2.24) is 9.21 Å². The highest BCUT2D eigenvalue weighted by Crippen LogP contribution is 2.38. The maximum atomic E-state index is 13.2. The van der Waals surface area contributed by atoms with Crippen molar-refractivity contribution in [3.8, 4) is 5.75 Å². The highest BCUT2D eigenvalue weighted by atomic mass is 32.2. The number of hydrogen-bond donors (Lipinski definition) is 0. The summed E-state index contributed by atoms with van der Waals surface area (Å²) in [5.74, 6) is 0.589. The summed E-state index contributed by atoms with van der Waals surface area (Å²) in [7, 11) is -1.81. The van der Waals surface area contributed by atoms with Crippen molar-refractivity contribution in [2.24, 2.45) is 0 Å². The first-order valence-electron chi connectivity index (χ1n) is 9.30. The molecule has 2 heterocycles. The van der Waals surface area contributed by atoms with Crippen LogP contribution in [0.3, 0.4) is 0 Å². The lowest BCUT2D eigenvalue weighted by atomic mass is 9.93. The number of hydrogen-bond acceptors (Lipinski definition) is 5. The van der Waals surface area contributed by atoms with Crippen molar-refractivity contribution in [3.05, 3.63) is 51.7 Å². The minimum absolute atomic E-state index is 0.126. The zero-order valence-corrected chi connectivity index (χ0v) is 18.1. The highest BCUT2D eigenvalue weighted by Gasteiger charge is 2.34. The zero-order chi connectivity index (χ0) is 20.3. The van der Waals surface area contributed by atoms with Crippen LogP contribution in [0.5, 0.6) is 5.75 Å². The predicted octanol–water partition coefficient (Wildman–Crippen LogP) is 2.90. The fourth-order valence-corrected chi connectivity index (χ4v) is 5.35. The van der Waals surface area contributed by atoms with Gasteiger partial charge in [0.25, 0.3) is 0 Å². The molecule has 0 bridgehead atoms. The lowest BCUT2D eigenvalue weighted by molar-refractivity contribution is -0.133. The first kappa shape index (κ1) is 20.8. The number of ether oxygens (including phenoxy) is 1. The fourth-order valence-electron chi connectivity index (χ4n) is 3.58. The van der Waals surface area contributed by atoms with Gasteiger partial charge in [-0.05, 0) is 47.5 Å². The summed E-state index contributed by atoms with van der Waals surface area (Å²) in [5, 5.41) is 2.05. The van der Waals surface area contributed by atoms with Gasteiger partial charge < -0.3 is 9.64 Å². The van der Waals surface area contributed by atoms with Crippen molar-refractivity contribution >= 4 is 27.3 Å². The number of amides is 1. The van der Waals surface area contributed by atoms with Gasteiger partial charge in [-0.15, -0.1) is 11.3 Å². The van der Waals surface area contributed by atoms with E-state index < -0.39 is 10.0 Å². The lowest BCUT2D eigenvalue weighted by Gasteiger charge is -2.37. The molecule has 1 aromatic carbocycles. The molecule has 1 aliphatic heterocycles. The van der Waals surface area contributed by atoms with Crippen LogP contribution in [-0.4, -0.2) is 56.5 Å². The normalized spacial score (nSPS) is 16.9. The second-order valence-electron chi connectivity index (χ2n) is 6.91. The smallest absolute Gasteiger partial charge is 0.238 e. The van der Waals surface area contributed by atoms with E-state index in [2.05, 4.69) is 11.4 Å².